The number of ether oxygens (including phenoxy) is 1. The van der Waals surface area contributed by atoms with Crippen molar-refractivity contribution in [3.8, 4) is 0 Å². The third-order valence-corrected chi connectivity index (χ3v) is 4.13. The summed E-state index contributed by atoms with van der Waals surface area (Å²) in [5.74, 6) is -0.762. The highest BCUT2D eigenvalue weighted by Crippen LogP contribution is 2.22. The molecular formula is C20H20N2O3. The molecule has 0 bridgehead atoms. The summed E-state index contributed by atoms with van der Waals surface area (Å²) in [5, 5.41) is 3.54. The highest BCUT2D eigenvalue weighted by atomic mass is 16.5. The summed E-state index contributed by atoms with van der Waals surface area (Å²) in [6, 6.07) is 17.1. The third-order valence-electron chi connectivity index (χ3n) is 4.13. The Balaban J connectivity index is 1.93. The molecule has 0 aliphatic heterocycles. The number of para-hydroxylation sites is 1. The molecule has 1 amide bonds. The van der Waals surface area contributed by atoms with Crippen LogP contribution in [0.25, 0.3) is 10.9 Å². The van der Waals surface area contributed by atoms with E-state index in [2.05, 4.69) is 10.1 Å². The van der Waals surface area contributed by atoms with E-state index in [4.69, 9.17) is 0 Å². The molecule has 25 heavy (non-hydrogen) atoms. The average Bonchev–Trinajstić information content (AvgIpc) is 3.00. The van der Waals surface area contributed by atoms with Gasteiger partial charge in [0.15, 0.2) is 0 Å². The van der Waals surface area contributed by atoms with Gasteiger partial charge in [-0.15, -0.1) is 0 Å². The molecule has 0 fully saturated rings. The minimum Gasteiger partial charge on any atom is -0.467 e. The van der Waals surface area contributed by atoms with Crippen molar-refractivity contribution in [1.82, 2.24) is 9.88 Å². The number of hydrogen-bond acceptors (Lipinski definition) is 3. The van der Waals surface area contributed by atoms with Crippen LogP contribution in [0.5, 0.6) is 0 Å². The van der Waals surface area contributed by atoms with Crippen LogP contribution in [0.1, 0.15) is 22.8 Å². The fourth-order valence-corrected chi connectivity index (χ4v) is 2.85. The van der Waals surface area contributed by atoms with Crippen molar-refractivity contribution in [2.45, 2.75) is 19.5 Å². The highest BCUT2D eigenvalue weighted by molar-refractivity contribution is 6.07. The van der Waals surface area contributed by atoms with Crippen molar-refractivity contribution in [1.29, 1.82) is 0 Å². The maximum atomic E-state index is 12.6. The van der Waals surface area contributed by atoms with E-state index in [9.17, 15) is 9.59 Å². The van der Waals surface area contributed by atoms with Gasteiger partial charge in [0.2, 0.25) is 0 Å². The lowest BCUT2D eigenvalue weighted by Crippen LogP contribution is -2.39. The topological polar surface area (TPSA) is 60.3 Å². The van der Waals surface area contributed by atoms with Crippen LogP contribution in [0, 0.1) is 0 Å². The van der Waals surface area contributed by atoms with Gasteiger partial charge >= 0.3 is 5.97 Å². The molecule has 128 valence electrons. The number of benzene rings is 2. The van der Waals surface area contributed by atoms with Crippen molar-refractivity contribution < 1.29 is 14.3 Å². The Morgan fingerprint density at radius 2 is 1.76 bits per heavy atom. The van der Waals surface area contributed by atoms with E-state index in [0.29, 0.717) is 12.1 Å². The molecular weight excluding hydrogens is 316 g/mol. The van der Waals surface area contributed by atoms with Crippen molar-refractivity contribution in [2.24, 2.45) is 0 Å². The van der Waals surface area contributed by atoms with Crippen LogP contribution in [-0.4, -0.2) is 29.6 Å². The zero-order valence-electron chi connectivity index (χ0n) is 14.2. The Kier molecular flexibility index (Phi) is 4.84. The quantitative estimate of drug-likeness (QED) is 0.729. The Morgan fingerprint density at radius 1 is 1.08 bits per heavy atom. The van der Waals surface area contributed by atoms with E-state index < -0.39 is 12.0 Å². The monoisotopic (exact) mass is 336 g/mol. The molecule has 0 saturated heterocycles. The predicted molar refractivity (Wildman–Crippen MR) is 96.4 cm³/mol. The minimum absolute atomic E-state index is 0.291. The number of rotatable bonds is 5. The summed E-state index contributed by atoms with van der Waals surface area (Å²) in [6.07, 6.45) is 1.83. The zero-order chi connectivity index (χ0) is 17.8. The molecule has 1 N–H and O–H groups in total. The van der Waals surface area contributed by atoms with Crippen LogP contribution in [0.15, 0.2) is 60.8 Å². The molecule has 3 rings (SSSR count). The Labute approximate surface area is 146 Å². The van der Waals surface area contributed by atoms with Gasteiger partial charge in [0.25, 0.3) is 5.91 Å². The summed E-state index contributed by atoms with van der Waals surface area (Å²) < 4.78 is 6.71. The van der Waals surface area contributed by atoms with E-state index in [1.807, 2.05) is 65.4 Å². The number of amides is 1. The Bertz CT molecular complexity index is 900. The number of nitrogens with one attached hydrogen (secondary N) is 1. The van der Waals surface area contributed by atoms with Crippen molar-refractivity contribution in [2.75, 3.05) is 7.11 Å². The number of hydrogen-bond donors (Lipinski definition) is 1. The van der Waals surface area contributed by atoms with Gasteiger partial charge in [0.1, 0.15) is 6.04 Å². The van der Waals surface area contributed by atoms with E-state index >= 15 is 0 Å². The van der Waals surface area contributed by atoms with Gasteiger partial charge in [-0.3, -0.25) is 4.79 Å². The smallest absolute Gasteiger partial charge is 0.328 e. The van der Waals surface area contributed by atoms with Gasteiger partial charge in [-0.2, -0.15) is 0 Å². The molecule has 1 heterocycles. The normalized spacial score (nSPS) is 11.9. The van der Waals surface area contributed by atoms with E-state index in [1.54, 1.807) is 6.92 Å². The number of methoxy groups -OCH3 is 1. The van der Waals surface area contributed by atoms with Gasteiger partial charge < -0.3 is 14.6 Å². The molecule has 5 nitrogen and oxygen atoms in total. The summed E-state index contributed by atoms with van der Waals surface area (Å²) in [7, 11) is 1.30. The van der Waals surface area contributed by atoms with Gasteiger partial charge in [0.05, 0.1) is 12.7 Å². The number of aromatic nitrogens is 1. The van der Waals surface area contributed by atoms with Crippen LogP contribution in [-0.2, 0) is 16.1 Å². The first-order chi connectivity index (χ1) is 12.1. The Morgan fingerprint density at radius 3 is 2.48 bits per heavy atom. The molecule has 2 aromatic carbocycles. The SMILES string of the molecule is COC(=O)[C@@H](C)NC(=O)c1cn(Cc2ccccc2)c2ccccc12. The second-order valence-electron chi connectivity index (χ2n) is 5.89. The van der Waals surface area contributed by atoms with Crippen LogP contribution < -0.4 is 5.32 Å². The minimum atomic E-state index is -0.700. The second kappa shape index (κ2) is 7.21. The lowest BCUT2D eigenvalue weighted by atomic mass is 10.1. The number of carbonyl (C=O) groups excluding carboxylic acids is 2. The molecule has 0 saturated carbocycles. The van der Waals surface area contributed by atoms with Gasteiger partial charge in [0, 0.05) is 23.6 Å². The molecule has 0 aliphatic carbocycles. The molecule has 1 aromatic heterocycles. The van der Waals surface area contributed by atoms with Gasteiger partial charge in [-0.1, -0.05) is 48.5 Å². The van der Waals surface area contributed by atoms with E-state index in [0.717, 1.165) is 16.5 Å². The summed E-state index contributed by atoms with van der Waals surface area (Å²) in [6.45, 7) is 2.27. The predicted octanol–water partition coefficient (Wildman–Crippen LogP) is 2.98. The zero-order valence-corrected chi connectivity index (χ0v) is 14.2. The maximum absolute atomic E-state index is 12.6. The second-order valence-corrected chi connectivity index (χ2v) is 5.89. The fourth-order valence-electron chi connectivity index (χ4n) is 2.85. The maximum Gasteiger partial charge on any atom is 0.328 e. The molecule has 0 spiro atoms. The summed E-state index contributed by atoms with van der Waals surface area (Å²) in [4.78, 5) is 24.2. The van der Waals surface area contributed by atoms with Crippen LogP contribution in [0.4, 0.5) is 0 Å². The van der Waals surface area contributed by atoms with Gasteiger partial charge in [-0.25, -0.2) is 4.79 Å². The summed E-state index contributed by atoms with van der Waals surface area (Å²) in [5.41, 5.74) is 2.67. The summed E-state index contributed by atoms with van der Waals surface area (Å²) >= 11 is 0. The molecule has 0 unspecified atom stereocenters. The van der Waals surface area contributed by atoms with Crippen molar-refractivity contribution in [3.05, 3.63) is 71.9 Å². The van der Waals surface area contributed by atoms with Crippen molar-refractivity contribution >= 4 is 22.8 Å². The average molecular weight is 336 g/mol. The standard InChI is InChI=1S/C20H20N2O3/c1-14(20(24)25-2)21-19(23)17-13-22(12-15-8-4-3-5-9-15)18-11-7-6-10-16(17)18/h3-11,13-14H,12H2,1-2H3,(H,21,23)/t14-/m1/s1. The first-order valence-electron chi connectivity index (χ1n) is 8.10. The molecule has 1 atom stereocenters. The van der Waals surface area contributed by atoms with E-state index in [1.165, 1.54) is 7.11 Å². The highest BCUT2D eigenvalue weighted by Gasteiger charge is 2.20. The molecule has 3 aromatic rings. The molecule has 0 radical (unpaired) electrons. The van der Waals surface area contributed by atoms with Crippen LogP contribution in [0.3, 0.4) is 0 Å². The number of carbonyl (C=O) groups is 2. The molecule has 5 heteroatoms. The van der Waals surface area contributed by atoms with Crippen molar-refractivity contribution in [3.63, 3.8) is 0 Å². The molecule has 0 aliphatic rings. The van der Waals surface area contributed by atoms with Crippen LogP contribution >= 0.6 is 0 Å². The largest absolute Gasteiger partial charge is 0.467 e. The third kappa shape index (κ3) is 3.55. The number of esters is 1. The first-order valence-corrected chi connectivity index (χ1v) is 8.10. The lowest BCUT2D eigenvalue weighted by Gasteiger charge is -2.10. The number of nitrogens with zero attached hydrogens (tertiary/aromatic N) is 1. The lowest BCUT2D eigenvalue weighted by molar-refractivity contribution is -0.142. The van der Waals surface area contributed by atoms with Gasteiger partial charge in [-0.05, 0) is 18.6 Å². The number of fused-ring (bicyclic) bond motifs is 1. The van der Waals surface area contributed by atoms with Crippen LogP contribution in [0.2, 0.25) is 0 Å². The first kappa shape index (κ1) is 16.8. The fraction of sp³-hybridized carbons (Fsp3) is 0.200. The van der Waals surface area contributed by atoms with E-state index in [-0.39, 0.29) is 5.91 Å². The Hall–Kier alpha value is -3.08.